The molecule has 0 aromatic heterocycles. The Labute approximate surface area is 156 Å². The van der Waals surface area contributed by atoms with E-state index >= 15 is 0 Å². The van der Waals surface area contributed by atoms with Gasteiger partial charge in [-0.05, 0) is 23.7 Å². The molecular weight excluding hydrogens is 492 g/mol. The molecule has 0 heterocycles. The molecule has 2 N–H and O–H groups in total. The molecule has 0 fully saturated rings. The van der Waals surface area contributed by atoms with E-state index < -0.39 is 59.9 Å². The van der Waals surface area contributed by atoms with Gasteiger partial charge in [-0.25, -0.2) is 0 Å². The molecule has 0 aliphatic rings. The van der Waals surface area contributed by atoms with Crippen LogP contribution in [-0.2, 0) is 26.7 Å². The number of ketones is 2. The summed E-state index contributed by atoms with van der Waals surface area (Å²) in [5.41, 5.74) is 0. The van der Waals surface area contributed by atoms with E-state index in [1.54, 1.807) is 0 Å². The Morgan fingerprint density at radius 3 is 0.821 bits per heavy atom. The van der Waals surface area contributed by atoms with Gasteiger partial charge in [-0.1, -0.05) is 0 Å². The second-order valence-electron chi connectivity index (χ2n) is 3.74. The third kappa shape index (κ3) is 14.2. The minimum atomic E-state index is -5.46. The van der Waals surface area contributed by atoms with Crippen molar-refractivity contribution in [1.29, 1.82) is 0 Å². The molecule has 0 amide bonds. The van der Waals surface area contributed by atoms with Crippen LogP contribution < -0.4 is 10.2 Å². The molecule has 28 heavy (non-hydrogen) atoms. The van der Waals surface area contributed by atoms with Gasteiger partial charge in [0.1, 0.15) is 0 Å². The van der Waals surface area contributed by atoms with Crippen LogP contribution in [0.15, 0.2) is 23.7 Å². The van der Waals surface area contributed by atoms with Gasteiger partial charge in [-0.15, -0.1) is 0 Å². The van der Waals surface area contributed by atoms with Crippen LogP contribution in [0.5, 0.6) is 0 Å². The van der Waals surface area contributed by atoms with Gasteiger partial charge in [-0.3, -0.25) is 9.59 Å². The fraction of sp³-hybridized carbons (Fsp3) is 0.400. The maximum atomic E-state index is 11.3. The Morgan fingerprint density at radius 2 is 0.714 bits per heavy atom. The average molecular weight is 496 g/mol. The Kier molecular flexibility index (Phi) is 13.4. The van der Waals surface area contributed by atoms with Gasteiger partial charge in [0.25, 0.3) is 11.6 Å². The molecule has 0 bridgehead atoms. The minimum absolute atomic E-state index is 0. The number of carbonyl (C=O) groups is 2. The fourth-order valence-electron chi connectivity index (χ4n) is 0.565. The summed E-state index contributed by atoms with van der Waals surface area (Å²) in [5.74, 6) is -11.3. The van der Waals surface area contributed by atoms with Crippen LogP contribution in [0.4, 0.5) is 52.7 Å². The second kappa shape index (κ2) is 11.2. The molecule has 18 heteroatoms. The summed E-state index contributed by atoms with van der Waals surface area (Å²) in [7, 11) is 0. The first-order valence-corrected chi connectivity index (χ1v) is 5.24. The zero-order valence-corrected chi connectivity index (χ0v) is 13.1. The predicted molar refractivity (Wildman–Crippen MR) is 54.0 cm³/mol. The molecule has 0 rings (SSSR count). The molecule has 0 spiro atoms. The standard InChI is InChI=1S/2C5H2F6O2.Cu.H2O/c2*6-4(7,8)2(12)1-3(13)5(9,10)11;;/h2*1,12H;;1H2/p-2/b2-1-;;;. The van der Waals surface area contributed by atoms with Gasteiger partial charge in [0.15, 0.2) is 0 Å². The first-order valence-electron chi connectivity index (χ1n) is 5.24. The molecule has 171 valence electrons. The van der Waals surface area contributed by atoms with Gasteiger partial charge in [0.05, 0.1) is 0 Å². The summed E-state index contributed by atoms with van der Waals surface area (Å²) in [5, 5.41) is 19.6. The van der Waals surface area contributed by atoms with Crippen molar-refractivity contribution < 1.29 is 95.0 Å². The van der Waals surface area contributed by atoms with Gasteiger partial charge in [-0.2, -0.15) is 52.7 Å². The third-order valence-electron chi connectivity index (χ3n) is 1.64. The van der Waals surface area contributed by atoms with Crippen LogP contribution in [-0.4, -0.2) is 41.7 Å². The second-order valence-corrected chi connectivity index (χ2v) is 3.74. The molecule has 0 saturated carbocycles. The zero-order valence-electron chi connectivity index (χ0n) is 12.1. The van der Waals surface area contributed by atoms with E-state index in [1.807, 2.05) is 0 Å². The monoisotopic (exact) mass is 495 g/mol. The van der Waals surface area contributed by atoms with Crippen LogP contribution in [0, 0.1) is 0 Å². The average Bonchev–Trinajstić information content (AvgIpc) is 2.34. The largest absolute Gasteiger partial charge is 0.869 e. The van der Waals surface area contributed by atoms with Gasteiger partial charge in [0.2, 0.25) is 0 Å². The number of hydrogen-bond acceptors (Lipinski definition) is 4. The molecular formula is C10H4CuF12O5-2. The first-order chi connectivity index (χ1) is 11.1. The number of alkyl halides is 12. The molecule has 0 aliphatic heterocycles. The quantitative estimate of drug-likeness (QED) is 0.246. The summed E-state index contributed by atoms with van der Waals surface area (Å²) >= 11 is 0. The molecule has 0 atom stereocenters. The van der Waals surface area contributed by atoms with Gasteiger partial charge >= 0.3 is 24.7 Å². The van der Waals surface area contributed by atoms with E-state index in [0.29, 0.717) is 0 Å². The van der Waals surface area contributed by atoms with Crippen molar-refractivity contribution in [2.75, 3.05) is 0 Å². The molecule has 0 unspecified atom stereocenters. The molecule has 0 aromatic carbocycles. The third-order valence-corrected chi connectivity index (χ3v) is 1.64. The summed E-state index contributed by atoms with van der Waals surface area (Å²) in [6.07, 6.45) is -23.9. The molecule has 0 aliphatic carbocycles. The van der Waals surface area contributed by atoms with E-state index in [4.69, 9.17) is 0 Å². The van der Waals surface area contributed by atoms with Crippen molar-refractivity contribution in [3.05, 3.63) is 23.7 Å². The summed E-state index contributed by atoms with van der Waals surface area (Å²) in [6, 6.07) is 0. The Morgan fingerprint density at radius 1 is 0.536 bits per heavy atom. The van der Waals surface area contributed by atoms with E-state index in [-0.39, 0.29) is 22.5 Å². The fourth-order valence-corrected chi connectivity index (χ4v) is 0.565. The smallest absolute Gasteiger partial charge is 0.454 e. The van der Waals surface area contributed by atoms with Crippen molar-refractivity contribution in [2.24, 2.45) is 0 Å². The van der Waals surface area contributed by atoms with Gasteiger partial charge < -0.3 is 15.7 Å². The minimum Gasteiger partial charge on any atom is -0.869 e. The zero-order chi connectivity index (χ0) is 21.7. The Bertz CT molecular complexity index is 530. The summed E-state index contributed by atoms with van der Waals surface area (Å²) < 4.78 is 136. The molecule has 0 saturated heterocycles. The van der Waals surface area contributed by atoms with Crippen LogP contribution >= 0.6 is 0 Å². The molecule has 5 nitrogen and oxygen atoms in total. The van der Waals surface area contributed by atoms with Crippen LogP contribution in [0.1, 0.15) is 0 Å². The normalized spacial score (nSPS) is 13.4. The number of rotatable bonds is 2. The summed E-state index contributed by atoms with van der Waals surface area (Å²) in [6.45, 7) is 0. The van der Waals surface area contributed by atoms with Crippen LogP contribution in [0.25, 0.3) is 0 Å². The first kappa shape index (κ1) is 33.6. The summed E-state index contributed by atoms with van der Waals surface area (Å²) in [4.78, 5) is 19.6. The topological polar surface area (TPSA) is 112 Å². The number of allylic oxidation sites excluding steroid dienone is 4. The van der Waals surface area contributed by atoms with Crippen LogP contribution in [0.3, 0.4) is 0 Å². The maximum absolute atomic E-state index is 11.3. The maximum Gasteiger partial charge on any atom is 0.454 e. The Hall–Kier alpha value is -1.94. The van der Waals surface area contributed by atoms with Crippen molar-refractivity contribution in [1.82, 2.24) is 0 Å². The molecule has 0 aromatic rings. The van der Waals surface area contributed by atoms with E-state index in [1.165, 1.54) is 0 Å². The SMILES string of the molecule is O.O=C(/C=C(\[O-])C(F)(F)F)C(F)(F)F.O=C(C=C([O-])C(F)(F)F)C(F)(F)F.[Cu]. The van der Waals surface area contributed by atoms with Crippen molar-refractivity contribution in [2.45, 2.75) is 24.7 Å². The predicted octanol–water partition coefficient (Wildman–Crippen LogP) is 1.02. The van der Waals surface area contributed by atoms with Gasteiger partial charge in [0, 0.05) is 17.1 Å². The Balaban J connectivity index is -0.000000192. The number of carbonyl (C=O) groups excluding carboxylic acids is 2. The molecule has 1 radical (unpaired) electrons. The van der Waals surface area contributed by atoms with E-state index in [9.17, 15) is 72.5 Å². The number of halogens is 12. The van der Waals surface area contributed by atoms with Crippen molar-refractivity contribution >= 4 is 11.6 Å². The van der Waals surface area contributed by atoms with Crippen LogP contribution in [0.2, 0.25) is 0 Å². The van der Waals surface area contributed by atoms with E-state index in [0.717, 1.165) is 0 Å². The van der Waals surface area contributed by atoms with E-state index in [2.05, 4.69) is 0 Å². The van der Waals surface area contributed by atoms with Crippen molar-refractivity contribution in [3.63, 3.8) is 0 Å². The van der Waals surface area contributed by atoms with Crippen molar-refractivity contribution in [3.8, 4) is 0 Å². The number of hydrogen-bond donors (Lipinski definition) is 0.